The number of rotatable bonds is 7. The van der Waals surface area contributed by atoms with Gasteiger partial charge in [0.25, 0.3) is 0 Å². The summed E-state index contributed by atoms with van der Waals surface area (Å²) in [6.07, 6.45) is 0.357. The Labute approximate surface area is 217 Å². The van der Waals surface area contributed by atoms with Crippen molar-refractivity contribution in [3.63, 3.8) is 0 Å². The molecule has 0 saturated heterocycles. The maximum Gasteiger partial charge on any atom is 0.336 e. The van der Waals surface area contributed by atoms with Crippen LogP contribution in [-0.4, -0.2) is 43.8 Å². The van der Waals surface area contributed by atoms with Gasteiger partial charge in [0.05, 0.1) is 31.8 Å². The zero-order valence-corrected chi connectivity index (χ0v) is 21.9. The lowest BCUT2D eigenvalue weighted by atomic mass is 9.61. The molecule has 1 aliphatic carbocycles. The molecule has 2 aliphatic rings. The van der Waals surface area contributed by atoms with Crippen LogP contribution in [-0.2, 0) is 23.9 Å². The maximum absolute atomic E-state index is 14.4. The van der Waals surface area contributed by atoms with Crippen LogP contribution in [0.4, 0.5) is 0 Å². The summed E-state index contributed by atoms with van der Waals surface area (Å²) in [7, 11) is 1.57. The molecule has 0 amide bonds. The van der Waals surface area contributed by atoms with Crippen molar-refractivity contribution in [1.82, 2.24) is 0 Å². The highest BCUT2D eigenvalue weighted by Gasteiger charge is 2.53. The van der Waals surface area contributed by atoms with Crippen molar-refractivity contribution >= 4 is 23.4 Å². The van der Waals surface area contributed by atoms with Gasteiger partial charge in [-0.3, -0.25) is 14.6 Å². The number of ketones is 1. The molecule has 1 saturated carbocycles. The number of esters is 2. The van der Waals surface area contributed by atoms with E-state index in [-0.39, 0.29) is 19.0 Å². The van der Waals surface area contributed by atoms with Crippen molar-refractivity contribution in [1.29, 1.82) is 0 Å². The van der Waals surface area contributed by atoms with Crippen molar-refractivity contribution in [3.05, 3.63) is 76.5 Å². The van der Waals surface area contributed by atoms with Gasteiger partial charge in [-0.15, -0.1) is 0 Å². The minimum absolute atomic E-state index is 0.154. The van der Waals surface area contributed by atoms with Crippen LogP contribution in [0.25, 0.3) is 0 Å². The number of allylic oxidation sites excluding steroid dienone is 1. The normalized spacial score (nSPS) is 23.2. The third-order valence-corrected chi connectivity index (χ3v) is 7.25. The molecule has 4 rings (SSSR count). The highest BCUT2D eigenvalue weighted by Crippen LogP contribution is 2.50. The molecule has 0 spiro atoms. The first-order valence-electron chi connectivity index (χ1n) is 12.7. The van der Waals surface area contributed by atoms with Gasteiger partial charge in [-0.05, 0) is 56.9 Å². The number of fused-ring (bicyclic) bond motifs is 1. The molecule has 2 aromatic carbocycles. The molecule has 7 heteroatoms. The fraction of sp³-hybridized carbons (Fsp3) is 0.400. The summed E-state index contributed by atoms with van der Waals surface area (Å²) in [5.74, 6) is -3.75. The second kappa shape index (κ2) is 11.1. The topological polar surface area (TPSA) is 91.3 Å². The third-order valence-electron chi connectivity index (χ3n) is 7.25. The van der Waals surface area contributed by atoms with E-state index in [1.807, 2.05) is 55.5 Å². The number of para-hydroxylation sites is 1. The van der Waals surface area contributed by atoms with Gasteiger partial charge >= 0.3 is 11.9 Å². The van der Waals surface area contributed by atoms with E-state index in [4.69, 9.17) is 19.2 Å². The summed E-state index contributed by atoms with van der Waals surface area (Å²) in [6.45, 7) is 7.55. The van der Waals surface area contributed by atoms with Gasteiger partial charge in [-0.25, -0.2) is 4.79 Å². The number of benzene rings is 2. The number of hydrogen-bond acceptors (Lipinski definition) is 7. The average molecular weight is 504 g/mol. The Bertz CT molecular complexity index is 1280. The largest absolute Gasteiger partial charge is 0.496 e. The minimum Gasteiger partial charge on any atom is -0.496 e. The third kappa shape index (κ3) is 4.82. The van der Waals surface area contributed by atoms with Gasteiger partial charge in [0.2, 0.25) is 0 Å². The second-order valence-corrected chi connectivity index (χ2v) is 9.32. The number of hydrogen-bond donors (Lipinski definition) is 0. The van der Waals surface area contributed by atoms with E-state index >= 15 is 0 Å². The van der Waals surface area contributed by atoms with Gasteiger partial charge in [0.15, 0.2) is 5.78 Å². The summed E-state index contributed by atoms with van der Waals surface area (Å²) in [5.41, 5.74) is 4.07. The summed E-state index contributed by atoms with van der Waals surface area (Å²) in [5, 5.41) is 0. The highest BCUT2D eigenvalue weighted by atomic mass is 16.5. The molecule has 0 radical (unpaired) electrons. The predicted molar refractivity (Wildman–Crippen MR) is 140 cm³/mol. The average Bonchev–Trinajstić information content (AvgIpc) is 2.88. The number of ether oxygens (including phenoxy) is 3. The number of nitrogens with zero attached hydrogens (tertiary/aromatic N) is 1. The first kappa shape index (κ1) is 26.3. The van der Waals surface area contributed by atoms with Crippen molar-refractivity contribution in [3.8, 4) is 5.75 Å². The van der Waals surface area contributed by atoms with Crippen LogP contribution in [0.2, 0.25) is 0 Å². The molecule has 194 valence electrons. The Morgan fingerprint density at radius 1 is 0.919 bits per heavy atom. The van der Waals surface area contributed by atoms with E-state index in [9.17, 15) is 14.4 Å². The summed E-state index contributed by atoms with van der Waals surface area (Å²) >= 11 is 0. The molecule has 37 heavy (non-hydrogen) atoms. The van der Waals surface area contributed by atoms with Gasteiger partial charge in [0, 0.05) is 23.2 Å². The molecule has 2 aromatic rings. The number of aryl methyl sites for hydroxylation is 1. The van der Waals surface area contributed by atoms with E-state index in [1.165, 1.54) is 0 Å². The standard InChI is InChI=1S/C30H33NO6/c1-6-36-29(33)24-18(4)31-22-16-21(20-14-10-11-15-23(20)35-5)26(30(34)37-7-2)28(32)27(22)25(24)19-13-9-8-12-17(19)3/h8-15,21,25-27H,6-7,16H2,1-5H3/t21-,25+,26+,27?/m0/s1. The number of carbonyl (C=O) groups excluding carboxylic acids is 3. The molecule has 1 heterocycles. The van der Waals surface area contributed by atoms with Gasteiger partial charge < -0.3 is 14.2 Å². The Morgan fingerprint density at radius 2 is 1.57 bits per heavy atom. The fourth-order valence-electron chi connectivity index (χ4n) is 5.69. The molecule has 1 aliphatic heterocycles. The zero-order valence-electron chi connectivity index (χ0n) is 21.9. The first-order valence-corrected chi connectivity index (χ1v) is 12.7. The number of methoxy groups -OCH3 is 1. The van der Waals surface area contributed by atoms with Crippen LogP contribution in [0.5, 0.6) is 5.75 Å². The molecule has 7 nitrogen and oxygen atoms in total. The lowest BCUT2D eigenvalue weighted by Gasteiger charge is -2.41. The molecular formula is C30H33NO6. The number of Topliss-reactive ketones (excluding diaryl/α,β-unsaturated/α-hetero) is 1. The Kier molecular flexibility index (Phi) is 7.91. The Hall–Kier alpha value is -3.74. The lowest BCUT2D eigenvalue weighted by molar-refractivity contribution is -0.153. The molecule has 0 aromatic heterocycles. The SMILES string of the molecule is CCOC(=O)C1=C(C)N=C2C[C@@H](c3ccccc3OC)[C@@H](C(=O)OCC)C(=O)C2[C@@H]1c1ccccc1C. The summed E-state index contributed by atoms with van der Waals surface area (Å²) < 4.78 is 16.4. The summed E-state index contributed by atoms with van der Waals surface area (Å²) in [4.78, 5) is 45.7. The smallest absolute Gasteiger partial charge is 0.336 e. The molecule has 4 atom stereocenters. The van der Waals surface area contributed by atoms with E-state index in [2.05, 4.69) is 0 Å². The predicted octanol–water partition coefficient (Wildman–Crippen LogP) is 4.93. The highest BCUT2D eigenvalue weighted by molar-refractivity contribution is 6.18. The van der Waals surface area contributed by atoms with Crippen LogP contribution in [0.1, 0.15) is 55.7 Å². The van der Waals surface area contributed by atoms with Crippen LogP contribution >= 0.6 is 0 Å². The fourth-order valence-corrected chi connectivity index (χ4v) is 5.69. The van der Waals surface area contributed by atoms with E-state index in [0.717, 1.165) is 16.7 Å². The van der Waals surface area contributed by atoms with E-state index in [0.29, 0.717) is 29.2 Å². The van der Waals surface area contributed by atoms with Crippen LogP contribution in [0.15, 0.2) is 64.8 Å². The van der Waals surface area contributed by atoms with E-state index < -0.39 is 35.6 Å². The van der Waals surface area contributed by atoms with Crippen LogP contribution < -0.4 is 4.74 Å². The van der Waals surface area contributed by atoms with Crippen LogP contribution in [0.3, 0.4) is 0 Å². The van der Waals surface area contributed by atoms with E-state index in [1.54, 1.807) is 27.9 Å². The molecule has 1 fully saturated rings. The van der Waals surface area contributed by atoms with Gasteiger partial charge in [-0.1, -0.05) is 42.5 Å². The first-order chi connectivity index (χ1) is 17.8. The number of carbonyl (C=O) groups is 3. The second-order valence-electron chi connectivity index (χ2n) is 9.32. The van der Waals surface area contributed by atoms with Crippen molar-refractivity contribution in [2.24, 2.45) is 16.8 Å². The number of aliphatic imine (C=N–C) groups is 1. The molecule has 0 bridgehead atoms. The van der Waals surface area contributed by atoms with Crippen LogP contribution in [0, 0.1) is 18.8 Å². The molecular weight excluding hydrogens is 470 g/mol. The maximum atomic E-state index is 14.4. The van der Waals surface area contributed by atoms with Crippen molar-refractivity contribution in [2.75, 3.05) is 20.3 Å². The summed E-state index contributed by atoms with van der Waals surface area (Å²) in [6, 6.07) is 15.1. The molecule has 0 N–H and O–H groups in total. The van der Waals surface area contributed by atoms with Gasteiger partial charge in [0.1, 0.15) is 11.7 Å². The quantitative estimate of drug-likeness (QED) is 0.393. The Morgan fingerprint density at radius 3 is 2.22 bits per heavy atom. The van der Waals surface area contributed by atoms with Gasteiger partial charge in [-0.2, -0.15) is 0 Å². The van der Waals surface area contributed by atoms with Crippen molar-refractivity contribution in [2.45, 2.75) is 46.0 Å². The monoisotopic (exact) mass is 503 g/mol. The zero-order chi connectivity index (χ0) is 26.7. The lowest BCUT2D eigenvalue weighted by Crippen LogP contribution is -2.49. The Balaban J connectivity index is 1.93. The minimum atomic E-state index is -1.06. The van der Waals surface area contributed by atoms with Crippen molar-refractivity contribution < 1.29 is 28.6 Å². The molecule has 1 unspecified atom stereocenters.